The van der Waals surface area contributed by atoms with E-state index in [0.717, 1.165) is 0 Å². The first-order valence-corrected chi connectivity index (χ1v) is 17.9. The molecule has 0 fully saturated rings. The van der Waals surface area contributed by atoms with Gasteiger partial charge in [0.15, 0.2) is 8.32 Å². The summed E-state index contributed by atoms with van der Waals surface area (Å²) < 4.78 is 64.7. The van der Waals surface area contributed by atoms with Gasteiger partial charge in [-0.1, -0.05) is 0 Å². The molecule has 246 valence electrons. The Labute approximate surface area is 247 Å². The summed E-state index contributed by atoms with van der Waals surface area (Å²) in [6.07, 6.45) is 0. The Kier molecular flexibility index (Phi) is 31.6. The van der Waals surface area contributed by atoms with Crippen LogP contribution in [0.25, 0.3) is 0 Å². The average molecular weight is 617 g/mol. The number of hydrogen-bond acceptors (Lipinski definition) is 13. The molecule has 0 aliphatic carbocycles. The van der Waals surface area contributed by atoms with Gasteiger partial charge in [0.2, 0.25) is 0 Å². The first-order valence-electron chi connectivity index (χ1n) is 14.5. The van der Waals surface area contributed by atoms with Crippen molar-refractivity contribution in [2.75, 3.05) is 145 Å². The molecule has 0 spiro atoms. The van der Waals surface area contributed by atoms with E-state index >= 15 is 0 Å². The second-order valence-electron chi connectivity index (χ2n) is 9.42. The minimum Gasteiger partial charge on any atom is -0.463 e. The van der Waals surface area contributed by atoms with Gasteiger partial charge in [0.05, 0.1) is 139 Å². The quantitative estimate of drug-likeness (QED) is 0.0590. The van der Waals surface area contributed by atoms with Crippen LogP contribution in [0.15, 0.2) is 0 Å². The summed E-state index contributed by atoms with van der Waals surface area (Å²) in [6, 6.07) is 0. The minimum atomic E-state index is -1.45. The van der Waals surface area contributed by atoms with Crippen molar-refractivity contribution in [3.05, 3.63) is 0 Å². The van der Waals surface area contributed by atoms with Gasteiger partial charge in [-0.2, -0.15) is 0 Å². The molecule has 0 N–H and O–H groups in total. The largest absolute Gasteiger partial charge is 0.463 e. The van der Waals surface area contributed by atoms with Crippen molar-refractivity contribution in [1.29, 1.82) is 0 Å². The van der Waals surface area contributed by atoms with Gasteiger partial charge in [0, 0.05) is 6.92 Å². The van der Waals surface area contributed by atoms with Crippen molar-refractivity contribution in [1.82, 2.24) is 0 Å². The molecule has 0 aliphatic rings. The van der Waals surface area contributed by atoms with E-state index in [2.05, 4.69) is 19.6 Å². The lowest BCUT2D eigenvalue weighted by atomic mass is 10.6. The van der Waals surface area contributed by atoms with Gasteiger partial charge < -0.3 is 56.5 Å². The minimum absolute atomic E-state index is 0.260. The van der Waals surface area contributed by atoms with Crippen molar-refractivity contribution >= 4 is 14.3 Å². The molecule has 0 aromatic rings. The van der Waals surface area contributed by atoms with Crippen LogP contribution in [0, 0.1) is 0 Å². The Balaban J connectivity index is 3.05. The second-order valence-corrected chi connectivity index (χ2v) is 13.9. The molecule has 0 aromatic heterocycles. The molecular weight excluding hydrogens is 560 g/mol. The molecule has 0 heterocycles. The van der Waals surface area contributed by atoms with E-state index in [1.807, 2.05) is 0 Å². The van der Waals surface area contributed by atoms with E-state index in [1.165, 1.54) is 6.92 Å². The Morgan fingerprint density at radius 2 is 0.561 bits per heavy atom. The zero-order valence-electron chi connectivity index (χ0n) is 25.9. The van der Waals surface area contributed by atoms with Crippen LogP contribution in [0.4, 0.5) is 0 Å². The molecule has 0 saturated heterocycles. The third-order valence-corrected chi connectivity index (χ3v) is 5.71. The molecule has 0 aliphatic heterocycles. The highest BCUT2D eigenvalue weighted by Gasteiger charge is 2.13. The zero-order valence-corrected chi connectivity index (χ0v) is 26.9. The number of rotatable bonds is 34. The third kappa shape index (κ3) is 39.2. The van der Waals surface area contributed by atoms with Gasteiger partial charge in [-0.25, -0.2) is 0 Å². The zero-order chi connectivity index (χ0) is 30.1. The van der Waals surface area contributed by atoms with Gasteiger partial charge >= 0.3 is 5.97 Å². The maximum atomic E-state index is 10.6. The summed E-state index contributed by atoms with van der Waals surface area (Å²) in [5.74, 6) is -0.310. The molecule has 13 nitrogen and oxygen atoms in total. The topological polar surface area (TPSA) is 128 Å². The first kappa shape index (κ1) is 40.2. The number of ether oxygens (including phenoxy) is 11. The molecule has 41 heavy (non-hydrogen) atoms. The maximum Gasteiger partial charge on any atom is 0.302 e. The average Bonchev–Trinajstić information content (AvgIpc) is 2.92. The molecule has 0 bridgehead atoms. The van der Waals surface area contributed by atoms with Gasteiger partial charge in [-0.3, -0.25) is 4.79 Å². The molecular formula is C27H56O13Si. The fraction of sp³-hybridized carbons (Fsp3) is 0.963. The molecule has 0 radical (unpaired) electrons. The van der Waals surface area contributed by atoms with Crippen LogP contribution in [0.1, 0.15) is 6.92 Å². The summed E-state index contributed by atoms with van der Waals surface area (Å²) in [5.41, 5.74) is 0. The van der Waals surface area contributed by atoms with Crippen LogP contribution < -0.4 is 0 Å². The first-order chi connectivity index (χ1) is 19.9. The van der Waals surface area contributed by atoms with Crippen LogP contribution in [-0.4, -0.2) is 160 Å². The van der Waals surface area contributed by atoms with Gasteiger partial charge in [-0.15, -0.1) is 0 Å². The molecule has 0 unspecified atom stereocenters. The van der Waals surface area contributed by atoms with Gasteiger partial charge in [0.1, 0.15) is 6.61 Å². The summed E-state index contributed by atoms with van der Waals surface area (Å²) in [7, 11) is -1.45. The number of esters is 1. The normalized spacial score (nSPS) is 11.8. The third-order valence-electron chi connectivity index (χ3n) is 4.64. The van der Waals surface area contributed by atoms with Crippen LogP contribution in [-0.2, 0) is 61.3 Å². The van der Waals surface area contributed by atoms with E-state index in [9.17, 15) is 4.79 Å². The Hall–Kier alpha value is -0.753. The van der Waals surface area contributed by atoms with E-state index < -0.39 is 8.32 Å². The number of carbonyl (C=O) groups is 1. The molecule has 0 atom stereocenters. The number of carbonyl (C=O) groups excluding carboxylic acids is 1. The molecule has 0 saturated carbocycles. The fourth-order valence-corrected chi connectivity index (χ4v) is 3.43. The molecule has 0 rings (SSSR count). The van der Waals surface area contributed by atoms with E-state index in [-0.39, 0.29) is 12.6 Å². The predicted octanol–water partition coefficient (Wildman–Crippen LogP) is 1.57. The van der Waals surface area contributed by atoms with E-state index in [4.69, 9.17) is 56.5 Å². The number of hydrogen-bond donors (Lipinski definition) is 0. The lowest BCUT2D eigenvalue weighted by Gasteiger charge is -2.16. The van der Waals surface area contributed by atoms with Crippen LogP contribution in [0.2, 0.25) is 19.6 Å². The van der Waals surface area contributed by atoms with E-state index in [0.29, 0.717) is 139 Å². The van der Waals surface area contributed by atoms with Crippen molar-refractivity contribution < 1.29 is 61.3 Å². The van der Waals surface area contributed by atoms with Crippen molar-refractivity contribution in [3.63, 3.8) is 0 Å². The Bertz CT molecular complexity index is 538. The lowest BCUT2D eigenvalue weighted by Crippen LogP contribution is -2.27. The lowest BCUT2D eigenvalue weighted by molar-refractivity contribution is -0.142. The summed E-state index contributed by atoms with van der Waals surface area (Å²) >= 11 is 0. The van der Waals surface area contributed by atoms with Crippen molar-refractivity contribution in [3.8, 4) is 0 Å². The highest BCUT2D eigenvalue weighted by molar-refractivity contribution is 6.69. The molecule has 14 heteroatoms. The standard InChI is InChI=1S/C27H56O13Si/c1-27(28)39-25-23-37-21-19-35-17-15-33-13-11-31-9-7-29-5-6-30-8-10-32-12-14-34-16-18-36-20-22-38-24-26-40-41(2,3)4/h5-26H2,1-4H3. The van der Waals surface area contributed by atoms with Crippen LogP contribution >= 0.6 is 0 Å². The summed E-state index contributed by atoms with van der Waals surface area (Å²) in [5, 5.41) is 0. The van der Waals surface area contributed by atoms with Crippen molar-refractivity contribution in [2.24, 2.45) is 0 Å². The predicted molar refractivity (Wildman–Crippen MR) is 154 cm³/mol. The Morgan fingerprint density at radius 3 is 0.756 bits per heavy atom. The highest BCUT2D eigenvalue weighted by Crippen LogP contribution is 2.01. The van der Waals surface area contributed by atoms with Crippen LogP contribution in [0.3, 0.4) is 0 Å². The summed E-state index contributed by atoms with van der Waals surface area (Å²) in [4.78, 5) is 10.6. The summed E-state index contributed by atoms with van der Waals surface area (Å²) in [6.45, 7) is 18.8. The van der Waals surface area contributed by atoms with E-state index in [1.54, 1.807) is 0 Å². The fourth-order valence-electron chi connectivity index (χ4n) is 2.73. The monoisotopic (exact) mass is 616 g/mol. The second kappa shape index (κ2) is 32.2. The molecule has 0 amide bonds. The smallest absolute Gasteiger partial charge is 0.302 e. The van der Waals surface area contributed by atoms with Gasteiger partial charge in [-0.05, 0) is 19.6 Å². The Morgan fingerprint density at radius 1 is 0.366 bits per heavy atom. The molecule has 0 aromatic carbocycles. The van der Waals surface area contributed by atoms with Crippen LogP contribution in [0.5, 0.6) is 0 Å². The van der Waals surface area contributed by atoms with Gasteiger partial charge in [0.25, 0.3) is 0 Å². The SMILES string of the molecule is CC(=O)OCCOCCOCCOCCOCCOCCOCCOCCOCCOCCOCCO[Si](C)(C)C. The highest BCUT2D eigenvalue weighted by atomic mass is 28.4. The maximum absolute atomic E-state index is 10.6. The van der Waals surface area contributed by atoms with Crippen molar-refractivity contribution in [2.45, 2.75) is 26.6 Å².